The van der Waals surface area contributed by atoms with Crippen LogP contribution in [0.25, 0.3) is 0 Å². The monoisotopic (exact) mass is 285 g/mol. The molecule has 18 heavy (non-hydrogen) atoms. The van der Waals surface area contributed by atoms with E-state index in [2.05, 4.69) is 5.10 Å². The molecule has 0 aliphatic carbocycles. The van der Waals surface area contributed by atoms with E-state index in [0.29, 0.717) is 13.1 Å². The summed E-state index contributed by atoms with van der Waals surface area (Å²) in [6.07, 6.45) is -6.23. The quantitative estimate of drug-likeness (QED) is 0.901. The van der Waals surface area contributed by atoms with Crippen LogP contribution in [0, 0.1) is 0 Å². The van der Waals surface area contributed by atoms with Crippen molar-refractivity contribution in [3.8, 4) is 0 Å². The zero-order valence-corrected chi connectivity index (χ0v) is 10.8. The number of hydrogen-bond acceptors (Lipinski definition) is 3. The highest BCUT2D eigenvalue weighted by Crippen LogP contribution is 2.32. The number of rotatable bonds is 5. The first-order valence-corrected chi connectivity index (χ1v) is 5.69. The van der Waals surface area contributed by atoms with Gasteiger partial charge < -0.3 is 10.0 Å². The smallest absolute Gasteiger partial charge is 0.386 e. The summed E-state index contributed by atoms with van der Waals surface area (Å²) in [6, 6.07) is 0. The number of halogens is 4. The second-order valence-corrected chi connectivity index (χ2v) is 4.65. The van der Waals surface area contributed by atoms with Crippen molar-refractivity contribution in [2.45, 2.75) is 25.2 Å². The van der Waals surface area contributed by atoms with Crippen molar-refractivity contribution in [1.82, 2.24) is 14.7 Å². The molecule has 0 bridgehead atoms. The van der Waals surface area contributed by atoms with Gasteiger partial charge in [-0.05, 0) is 14.1 Å². The summed E-state index contributed by atoms with van der Waals surface area (Å²) in [5.41, 5.74) is 0.0100. The number of aliphatic hydroxyl groups is 1. The molecule has 1 aromatic heterocycles. The van der Waals surface area contributed by atoms with Crippen LogP contribution in [0.5, 0.6) is 0 Å². The number of aromatic nitrogens is 2. The molecule has 0 aliphatic heterocycles. The van der Waals surface area contributed by atoms with Crippen LogP contribution in [0.15, 0.2) is 6.20 Å². The molecule has 0 saturated heterocycles. The Kier molecular flexibility index (Phi) is 5.01. The van der Waals surface area contributed by atoms with E-state index in [1.54, 1.807) is 0 Å². The first-order valence-electron chi connectivity index (χ1n) is 5.31. The Hall–Kier alpha value is -0.790. The molecule has 0 fully saturated rings. The van der Waals surface area contributed by atoms with Gasteiger partial charge in [-0.1, -0.05) is 11.6 Å². The van der Waals surface area contributed by atoms with Crippen molar-refractivity contribution in [2.24, 2.45) is 0 Å². The van der Waals surface area contributed by atoms with Crippen LogP contribution >= 0.6 is 11.6 Å². The third-order valence-corrected chi connectivity index (χ3v) is 2.62. The topological polar surface area (TPSA) is 41.3 Å². The fourth-order valence-electron chi connectivity index (χ4n) is 1.49. The summed E-state index contributed by atoms with van der Waals surface area (Å²) in [7, 11) is 3.66. The molecule has 1 heterocycles. The average molecular weight is 286 g/mol. The summed E-state index contributed by atoms with van der Waals surface area (Å²) in [5.74, 6) is 0. The van der Waals surface area contributed by atoms with Gasteiger partial charge in [-0.15, -0.1) is 0 Å². The van der Waals surface area contributed by atoms with Crippen molar-refractivity contribution >= 4 is 11.6 Å². The zero-order valence-electron chi connectivity index (χ0n) is 10.1. The highest BCUT2D eigenvalue weighted by Gasteiger charge is 2.34. The van der Waals surface area contributed by atoms with E-state index in [1.165, 1.54) is 10.9 Å². The maximum atomic E-state index is 12.2. The van der Waals surface area contributed by atoms with Crippen LogP contribution in [0.1, 0.15) is 18.2 Å². The van der Waals surface area contributed by atoms with E-state index >= 15 is 0 Å². The van der Waals surface area contributed by atoms with Crippen molar-refractivity contribution in [3.05, 3.63) is 16.9 Å². The lowest BCUT2D eigenvalue weighted by Gasteiger charge is -2.17. The van der Waals surface area contributed by atoms with Gasteiger partial charge in [0.1, 0.15) is 6.10 Å². The molecule has 1 aromatic rings. The second-order valence-electron chi connectivity index (χ2n) is 4.24. The lowest BCUT2D eigenvalue weighted by molar-refractivity contribution is -0.155. The van der Waals surface area contributed by atoms with Gasteiger partial charge in [0.25, 0.3) is 0 Å². The number of nitrogens with zero attached hydrogens (tertiary/aromatic N) is 3. The third-order valence-electron chi connectivity index (χ3n) is 2.33. The molecule has 104 valence electrons. The number of alkyl halides is 3. The van der Waals surface area contributed by atoms with Crippen LogP contribution in [0.2, 0.25) is 5.02 Å². The molecule has 1 unspecified atom stereocenters. The van der Waals surface area contributed by atoms with Crippen LogP contribution < -0.4 is 0 Å². The molecule has 8 heteroatoms. The lowest BCUT2D eigenvalue weighted by Crippen LogP contribution is -2.22. The number of aliphatic hydroxyl groups excluding tert-OH is 1. The Morgan fingerprint density at radius 1 is 1.50 bits per heavy atom. The maximum absolute atomic E-state index is 12.2. The summed E-state index contributed by atoms with van der Waals surface area (Å²) < 4.78 is 38.0. The predicted octanol–water partition coefficient (Wildman–Crippen LogP) is 2.08. The molecular weight excluding hydrogens is 271 g/mol. The molecule has 0 amide bonds. The Labute approximate surface area is 108 Å². The van der Waals surface area contributed by atoms with Gasteiger partial charge in [0.15, 0.2) is 0 Å². The van der Waals surface area contributed by atoms with E-state index < -0.39 is 18.7 Å². The van der Waals surface area contributed by atoms with Gasteiger partial charge in [-0.2, -0.15) is 18.3 Å². The van der Waals surface area contributed by atoms with Gasteiger partial charge in [-0.25, -0.2) is 0 Å². The normalized spacial score (nSPS) is 14.2. The SMILES string of the molecule is CN(C)CCn1ncc(Cl)c1C(O)CC(F)(F)F. The van der Waals surface area contributed by atoms with Crippen molar-refractivity contribution in [2.75, 3.05) is 20.6 Å². The number of hydrogen-bond donors (Lipinski definition) is 1. The summed E-state index contributed by atoms with van der Waals surface area (Å²) in [6.45, 7) is 0.952. The zero-order chi connectivity index (χ0) is 13.9. The second kappa shape index (κ2) is 5.90. The van der Waals surface area contributed by atoms with E-state index in [9.17, 15) is 18.3 Å². The molecule has 1 atom stereocenters. The van der Waals surface area contributed by atoms with Crippen molar-refractivity contribution in [3.63, 3.8) is 0 Å². The Morgan fingerprint density at radius 2 is 2.11 bits per heavy atom. The average Bonchev–Trinajstić information content (AvgIpc) is 2.53. The molecule has 1 rings (SSSR count). The van der Waals surface area contributed by atoms with E-state index in [1.807, 2.05) is 19.0 Å². The van der Waals surface area contributed by atoms with Gasteiger partial charge in [0, 0.05) is 6.54 Å². The maximum Gasteiger partial charge on any atom is 0.391 e. The van der Waals surface area contributed by atoms with Crippen LogP contribution in [-0.2, 0) is 6.54 Å². The van der Waals surface area contributed by atoms with E-state index in [-0.39, 0.29) is 10.7 Å². The van der Waals surface area contributed by atoms with Gasteiger partial charge in [0.2, 0.25) is 0 Å². The molecule has 0 saturated carbocycles. The first kappa shape index (κ1) is 15.3. The van der Waals surface area contributed by atoms with E-state index in [0.717, 1.165) is 0 Å². The minimum Gasteiger partial charge on any atom is -0.386 e. The van der Waals surface area contributed by atoms with Crippen LogP contribution in [0.4, 0.5) is 13.2 Å². The summed E-state index contributed by atoms with van der Waals surface area (Å²) in [5, 5.41) is 13.5. The molecule has 0 radical (unpaired) electrons. The Balaban J connectivity index is 2.83. The van der Waals surface area contributed by atoms with Crippen molar-refractivity contribution in [1.29, 1.82) is 0 Å². The third kappa shape index (κ3) is 4.47. The van der Waals surface area contributed by atoms with Crippen molar-refractivity contribution < 1.29 is 18.3 Å². The summed E-state index contributed by atoms with van der Waals surface area (Å²) in [4.78, 5) is 1.86. The molecule has 0 spiro atoms. The lowest BCUT2D eigenvalue weighted by atomic mass is 10.2. The number of likely N-dealkylation sites (N-methyl/N-ethyl adjacent to an activating group) is 1. The van der Waals surface area contributed by atoms with Crippen LogP contribution in [0.3, 0.4) is 0 Å². The predicted molar refractivity (Wildman–Crippen MR) is 61.4 cm³/mol. The fourth-order valence-corrected chi connectivity index (χ4v) is 1.76. The molecule has 0 aromatic carbocycles. The largest absolute Gasteiger partial charge is 0.391 e. The van der Waals surface area contributed by atoms with Gasteiger partial charge in [0.05, 0.1) is 29.9 Å². The van der Waals surface area contributed by atoms with Gasteiger partial charge in [-0.3, -0.25) is 4.68 Å². The van der Waals surface area contributed by atoms with Gasteiger partial charge >= 0.3 is 6.18 Å². The molecule has 0 aliphatic rings. The molecular formula is C10H15ClF3N3O. The molecule has 4 nitrogen and oxygen atoms in total. The fraction of sp³-hybridized carbons (Fsp3) is 0.700. The summed E-state index contributed by atoms with van der Waals surface area (Å²) >= 11 is 5.76. The highest BCUT2D eigenvalue weighted by atomic mass is 35.5. The standard InChI is InChI=1S/C10H15ClF3N3O/c1-16(2)3-4-17-9(7(11)6-15-17)8(18)5-10(12,13)14/h6,8,18H,3-5H2,1-2H3. The van der Waals surface area contributed by atoms with E-state index in [4.69, 9.17) is 11.6 Å². The minimum atomic E-state index is -4.45. The Bertz CT molecular complexity index is 392. The first-order chi connectivity index (χ1) is 8.20. The van der Waals surface area contributed by atoms with Crippen LogP contribution in [-0.4, -0.2) is 46.6 Å². The molecule has 1 N–H and O–H groups in total. The minimum absolute atomic E-state index is 0.0100. The Morgan fingerprint density at radius 3 is 2.61 bits per heavy atom. The highest BCUT2D eigenvalue weighted by molar-refractivity contribution is 6.31.